The monoisotopic (exact) mass is 405 g/mol. The van der Waals surface area contributed by atoms with Crippen molar-refractivity contribution in [2.24, 2.45) is 5.92 Å². The SMILES string of the molecule is CN(C)C1=CCC(c2cnc3[nH]cc(C(=O)NCC(=O)N4CC(C#N)C4)c3n2)C=C1. The molecule has 2 aromatic rings. The summed E-state index contributed by atoms with van der Waals surface area (Å²) < 4.78 is 0. The van der Waals surface area contributed by atoms with Crippen molar-refractivity contribution in [1.82, 2.24) is 30.1 Å². The highest BCUT2D eigenvalue weighted by atomic mass is 16.2. The van der Waals surface area contributed by atoms with Crippen LogP contribution in [-0.2, 0) is 4.79 Å². The van der Waals surface area contributed by atoms with E-state index in [4.69, 9.17) is 5.26 Å². The molecule has 4 rings (SSSR count). The minimum Gasteiger partial charge on any atom is -0.378 e. The number of aromatic amines is 1. The van der Waals surface area contributed by atoms with E-state index in [2.05, 4.69) is 49.5 Å². The highest BCUT2D eigenvalue weighted by molar-refractivity contribution is 6.05. The molecule has 3 heterocycles. The Morgan fingerprint density at radius 2 is 2.20 bits per heavy atom. The molecule has 2 aromatic heterocycles. The number of hydrogen-bond donors (Lipinski definition) is 2. The van der Waals surface area contributed by atoms with E-state index < -0.39 is 0 Å². The Hall–Kier alpha value is -3.67. The van der Waals surface area contributed by atoms with E-state index in [1.165, 1.54) is 0 Å². The molecule has 2 amide bonds. The van der Waals surface area contributed by atoms with Gasteiger partial charge in [-0.3, -0.25) is 9.59 Å². The van der Waals surface area contributed by atoms with Crippen LogP contribution in [0.5, 0.6) is 0 Å². The van der Waals surface area contributed by atoms with Crippen LogP contribution in [0.3, 0.4) is 0 Å². The number of rotatable bonds is 5. The van der Waals surface area contributed by atoms with Crippen molar-refractivity contribution in [2.45, 2.75) is 12.3 Å². The fourth-order valence-corrected chi connectivity index (χ4v) is 3.54. The average molecular weight is 405 g/mol. The van der Waals surface area contributed by atoms with Crippen molar-refractivity contribution in [3.8, 4) is 6.07 Å². The number of likely N-dealkylation sites (tertiary alicyclic amines) is 1. The predicted octanol–water partition coefficient (Wildman–Crippen LogP) is 1.16. The third kappa shape index (κ3) is 3.76. The fraction of sp³-hybridized carbons (Fsp3) is 0.381. The van der Waals surface area contributed by atoms with Crippen molar-refractivity contribution in [1.29, 1.82) is 5.26 Å². The molecule has 0 radical (unpaired) electrons. The molecule has 1 aliphatic heterocycles. The van der Waals surface area contributed by atoms with Gasteiger partial charge in [0.1, 0.15) is 5.52 Å². The molecule has 2 N–H and O–H groups in total. The van der Waals surface area contributed by atoms with Crippen LogP contribution in [-0.4, -0.2) is 70.3 Å². The lowest BCUT2D eigenvalue weighted by atomic mass is 9.96. The number of likely N-dealkylation sites (N-methyl/N-ethyl adjacent to an activating group) is 1. The zero-order valence-corrected chi connectivity index (χ0v) is 16.9. The molecule has 154 valence electrons. The van der Waals surface area contributed by atoms with Crippen LogP contribution in [0.4, 0.5) is 0 Å². The third-order valence-electron chi connectivity index (χ3n) is 5.44. The summed E-state index contributed by atoms with van der Waals surface area (Å²) in [5.74, 6) is -0.591. The second-order valence-corrected chi connectivity index (χ2v) is 7.73. The van der Waals surface area contributed by atoms with Gasteiger partial charge in [-0.05, 0) is 12.5 Å². The number of amides is 2. The van der Waals surface area contributed by atoms with E-state index in [0.29, 0.717) is 29.8 Å². The number of nitriles is 1. The van der Waals surface area contributed by atoms with Gasteiger partial charge >= 0.3 is 0 Å². The summed E-state index contributed by atoms with van der Waals surface area (Å²) in [6, 6.07) is 2.12. The van der Waals surface area contributed by atoms with E-state index in [1.807, 2.05) is 14.1 Å². The van der Waals surface area contributed by atoms with Crippen LogP contribution in [0, 0.1) is 17.2 Å². The molecule has 0 spiro atoms. The smallest absolute Gasteiger partial charge is 0.255 e. The highest BCUT2D eigenvalue weighted by Crippen LogP contribution is 2.27. The van der Waals surface area contributed by atoms with Gasteiger partial charge in [-0.1, -0.05) is 12.2 Å². The first kappa shape index (κ1) is 19.6. The maximum Gasteiger partial charge on any atom is 0.255 e. The summed E-state index contributed by atoms with van der Waals surface area (Å²) in [5.41, 5.74) is 3.31. The summed E-state index contributed by atoms with van der Waals surface area (Å²) in [4.78, 5) is 40.4. The number of H-pyrrole nitrogens is 1. The van der Waals surface area contributed by atoms with Gasteiger partial charge in [-0.15, -0.1) is 0 Å². The molecule has 1 unspecified atom stereocenters. The van der Waals surface area contributed by atoms with Gasteiger partial charge in [0.05, 0.1) is 36.0 Å². The minimum atomic E-state index is -0.382. The summed E-state index contributed by atoms with van der Waals surface area (Å²) >= 11 is 0. The first-order valence-corrected chi connectivity index (χ1v) is 9.81. The first-order valence-electron chi connectivity index (χ1n) is 9.81. The molecular formula is C21H23N7O2. The van der Waals surface area contributed by atoms with Crippen molar-refractivity contribution < 1.29 is 9.59 Å². The zero-order valence-electron chi connectivity index (χ0n) is 16.9. The van der Waals surface area contributed by atoms with Gasteiger partial charge in [0, 0.05) is 45.0 Å². The second-order valence-electron chi connectivity index (χ2n) is 7.73. The Morgan fingerprint density at radius 1 is 1.40 bits per heavy atom. The molecule has 0 aromatic carbocycles. The van der Waals surface area contributed by atoms with Crippen molar-refractivity contribution in [3.05, 3.63) is 47.6 Å². The number of allylic oxidation sites excluding steroid dienone is 3. The number of carbonyl (C=O) groups excluding carboxylic acids is 2. The molecule has 0 saturated carbocycles. The van der Waals surface area contributed by atoms with Crippen LogP contribution >= 0.6 is 0 Å². The number of fused-ring (bicyclic) bond motifs is 1. The third-order valence-corrected chi connectivity index (χ3v) is 5.44. The van der Waals surface area contributed by atoms with E-state index in [0.717, 1.165) is 17.8 Å². The van der Waals surface area contributed by atoms with Gasteiger partial charge in [-0.2, -0.15) is 5.26 Å². The van der Waals surface area contributed by atoms with Crippen LogP contribution in [0.15, 0.2) is 36.3 Å². The van der Waals surface area contributed by atoms with Gasteiger partial charge in [-0.25, -0.2) is 9.97 Å². The fourth-order valence-electron chi connectivity index (χ4n) is 3.54. The largest absolute Gasteiger partial charge is 0.378 e. The number of carbonyl (C=O) groups is 2. The normalized spacial score (nSPS) is 18.5. The summed E-state index contributed by atoms with van der Waals surface area (Å²) in [5, 5.41) is 11.4. The molecule has 1 aliphatic carbocycles. The standard InChI is InChI=1S/C21H23N7O2/c1-27(2)15-5-3-14(4-6-15)17-9-24-20-19(26-17)16(8-23-20)21(30)25-10-18(29)28-11-13(7-22)12-28/h3,5-6,8-9,13-14H,4,10-12H2,1-2H3,(H,23,24)(H,25,30). The van der Waals surface area contributed by atoms with Crippen molar-refractivity contribution in [3.63, 3.8) is 0 Å². The highest BCUT2D eigenvalue weighted by Gasteiger charge is 2.30. The molecule has 9 heteroatoms. The van der Waals surface area contributed by atoms with Crippen LogP contribution in [0.2, 0.25) is 0 Å². The predicted molar refractivity (Wildman–Crippen MR) is 110 cm³/mol. The minimum absolute atomic E-state index is 0.0949. The summed E-state index contributed by atoms with van der Waals surface area (Å²) in [6.45, 7) is 0.734. The van der Waals surface area contributed by atoms with Crippen LogP contribution in [0.25, 0.3) is 11.2 Å². The molecule has 2 aliphatic rings. The lowest BCUT2D eigenvalue weighted by Crippen LogP contribution is -2.52. The Balaban J connectivity index is 1.44. The van der Waals surface area contributed by atoms with Gasteiger partial charge in [0.2, 0.25) is 5.91 Å². The molecule has 30 heavy (non-hydrogen) atoms. The average Bonchev–Trinajstić information content (AvgIpc) is 3.14. The number of nitrogens with one attached hydrogen (secondary N) is 2. The van der Waals surface area contributed by atoms with Crippen molar-refractivity contribution >= 4 is 23.0 Å². The summed E-state index contributed by atoms with van der Waals surface area (Å²) in [6.07, 6.45) is 10.4. The lowest BCUT2D eigenvalue weighted by molar-refractivity contribution is -0.135. The Bertz CT molecular complexity index is 1090. The lowest BCUT2D eigenvalue weighted by Gasteiger charge is -2.35. The Labute approximate surface area is 174 Å². The van der Waals surface area contributed by atoms with Crippen molar-refractivity contribution in [2.75, 3.05) is 33.7 Å². The van der Waals surface area contributed by atoms with Crippen LogP contribution < -0.4 is 5.32 Å². The van der Waals surface area contributed by atoms with Gasteiger partial charge in [0.25, 0.3) is 5.91 Å². The molecule has 9 nitrogen and oxygen atoms in total. The van der Waals surface area contributed by atoms with E-state index in [1.54, 1.807) is 17.3 Å². The second kappa shape index (κ2) is 7.99. The molecule has 1 saturated heterocycles. The molecule has 1 atom stereocenters. The van der Waals surface area contributed by atoms with E-state index >= 15 is 0 Å². The van der Waals surface area contributed by atoms with Gasteiger partial charge < -0.3 is 20.1 Å². The molecule has 1 fully saturated rings. The van der Waals surface area contributed by atoms with Crippen LogP contribution in [0.1, 0.15) is 28.4 Å². The molecular weight excluding hydrogens is 382 g/mol. The number of aromatic nitrogens is 3. The zero-order chi connectivity index (χ0) is 21.3. The quantitative estimate of drug-likeness (QED) is 0.771. The van der Waals surface area contributed by atoms with E-state index in [-0.39, 0.29) is 30.2 Å². The Kier molecular flexibility index (Phi) is 5.23. The molecule has 0 bridgehead atoms. The summed E-state index contributed by atoms with van der Waals surface area (Å²) in [7, 11) is 4.00. The maximum atomic E-state index is 12.6. The number of hydrogen-bond acceptors (Lipinski definition) is 6. The number of nitrogens with zero attached hydrogens (tertiary/aromatic N) is 5. The Morgan fingerprint density at radius 3 is 2.87 bits per heavy atom. The topological polar surface area (TPSA) is 118 Å². The van der Waals surface area contributed by atoms with E-state index in [9.17, 15) is 9.59 Å². The first-order chi connectivity index (χ1) is 14.5. The van der Waals surface area contributed by atoms with Gasteiger partial charge in [0.15, 0.2) is 5.65 Å². The maximum absolute atomic E-state index is 12.6.